The molecule has 2 heterocycles. The molecular weight excluding hydrogens is 344 g/mol. The van der Waals surface area contributed by atoms with Crippen molar-refractivity contribution in [3.05, 3.63) is 20.8 Å². The van der Waals surface area contributed by atoms with E-state index >= 15 is 0 Å². The minimum atomic E-state index is -0.754. The minimum Gasteiger partial charge on any atom is -0.481 e. The second-order valence-corrected chi connectivity index (χ2v) is 6.83. The summed E-state index contributed by atoms with van der Waals surface area (Å²) in [5, 5.41) is 13.6. The number of nitrogens with zero attached hydrogens (tertiary/aromatic N) is 1. The molecule has 1 aromatic rings. The first-order valence-corrected chi connectivity index (χ1v) is 8.19. The van der Waals surface area contributed by atoms with Crippen LogP contribution in [-0.2, 0) is 11.3 Å². The van der Waals surface area contributed by atoms with Crippen molar-refractivity contribution >= 4 is 39.3 Å². The van der Waals surface area contributed by atoms with Crippen LogP contribution in [0.5, 0.6) is 0 Å². The van der Waals surface area contributed by atoms with Crippen molar-refractivity contribution in [1.82, 2.24) is 10.2 Å². The quantitative estimate of drug-likeness (QED) is 0.867. The van der Waals surface area contributed by atoms with Gasteiger partial charge in [-0.05, 0) is 40.8 Å². The lowest BCUT2D eigenvalue weighted by molar-refractivity contribution is -0.138. The fourth-order valence-electron chi connectivity index (χ4n) is 2.31. The van der Waals surface area contributed by atoms with Gasteiger partial charge in [-0.2, -0.15) is 0 Å². The number of hydrogen-bond acceptors (Lipinski definition) is 3. The van der Waals surface area contributed by atoms with Gasteiger partial charge in [-0.3, -0.25) is 4.79 Å². The van der Waals surface area contributed by atoms with E-state index in [0.717, 1.165) is 22.2 Å². The fourth-order valence-corrected chi connectivity index (χ4v) is 3.70. The Labute approximate surface area is 130 Å². The number of likely N-dealkylation sites (tertiary alicyclic amines) is 1. The number of carbonyl (C=O) groups is 2. The SMILES string of the molecule is O=C(O)CC1CCN(C(=O)NCc2cc(Br)cs2)CC1. The predicted molar refractivity (Wildman–Crippen MR) is 80.8 cm³/mol. The van der Waals surface area contributed by atoms with E-state index in [2.05, 4.69) is 21.2 Å². The van der Waals surface area contributed by atoms with Gasteiger partial charge >= 0.3 is 12.0 Å². The van der Waals surface area contributed by atoms with Crippen molar-refractivity contribution in [1.29, 1.82) is 0 Å². The van der Waals surface area contributed by atoms with E-state index in [1.54, 1.807) is 16.2 Å². The Kier molecular flexibility index (Phi) is 5.42. The normalized spacial score (nSPS) is 16.1. The van der Waals surface area contributed by atoms with Crippen LogP contribution in [0.3, 0.4) is 0 Å². The Morgan fingerprint density at radius 3 is 2.70 bits per heavy atom. The van der Waals surface area contributed by atoms with Gasteiger partial charge in [-0.15, -0.1) is 11.3 Å². The third-order valence-electron chi connectivity index (χ3n) is 3.40. The molecule has 0 spiro atoms. The minimum absolute atomic E-state index is 0.0664. The summed E-state index contributed by atoms with van der Waals surface area (Å²) in [7, 11) is 0. The Bertz CT molecular complexity index is 484. The number of carboxylic acids is 1. The number of nitrogens with one attached hydrogen (secondary N) is 1. The lowest BCUT2D eigenvalue weighted by atomic mass is 9.94. The number of carbonyl (C=O) groups excluding carboxylic acids is 1. The molecule has 0 aromatic carbocycles. The summed E-state index contributed by atoms with van der Waals surface area (Å²) in [6, 6.07) is 1.92. The molecule has 110 valence electrons. The average molecular weight is 361 g/mol. The van der Waals surface area contributed by atoms with E-state index in [0.29, 0.717) is 19.6 Å². The zero-order chi connectivity index (χ0) is 14.5. The van der Waals surface area contributed by atoms with E-state index in [-0.39, 0.29) is 18.4 Å². The monoisotopic (exact) mass is 360 g/mol. The number of piperidine rings is 1. The zero-order valence-electron chi connectivity index (χ0n) is 11.0. The van der Waals surface area contributed by atoms with E-state index in [4.69, 9.17) is 5.11 Å². The standard InChI is InChI=1S/C13H17BrN2O3S/c14-10-6-11(20-8-10)7-15-13(19)16-3-1-9(2-4-16)5-12(17)18/h6,8-9H,1-5,7H2,(H,15,19)(H,17,18). The van der Waals surface area contributed by atoms with Gasteiger partial charge in [-0.25, -0.2) is 4.79 Å². The summed E-state index contributed by atoms with van der Waals surface area (Å²) in [6.45, 7) is 1.81. The summed E-state index contributed by atoms with van der Waals surface area (Å²) >= 11 is 4.98. The van der Waals surface area contributed by atoms with Crippen molar-refractivity contribution < 1.29 is 14.7 Å². The van der Waals surface area contributed by atoms with Crippen LogP contribution in [0, 0.1) is 5.92 Å². The highest BCUT2D eigenvalue weighted by molar-refractivity contribution is 9.10. The maximum Gasteiger partial charge on any atom is 0.317 e. The van der Waals surface area contributed by atoms with E-state index < -0.39 is 5.97 Å². The van der Waals surface area contributed by atoms with Gasteiger partial charge in [-0.1, -0.05) is 0 Å². The van der Waals surface area contributed by atoms with Crippen LogP contribution in [0.15, 0.2) is 15.9 Å². The fraction of sp³-hybridized carbons (Fsp3) is 0.538. The zero-order valence-corrected chi connectivity index (χ0v) is 13.4. The number of thiophene rings is 1. The van der Waals surface area contributed by atoms with Gasteiger partial charge in [0.15, 0.2) is 0 Å². The van der Waals surface area contributed by atoms with Gasteiger partial charge in [0.25, 0.3) is 0 Å². The van der Waals surface area contributed by atoms with Gasteiger partial charge in [0.05, 0.1) is 6.54 Å². The Morgan fingerprint density at radius 1 is 1.45 bits per heavy atom. The Hall–Kier alpha value is -1.08. The van der Waals surface area contributed by atoms with E-state index in [9.17, 15) is 9.59 Å². The number of halogens is 1. The van der Waals surface area contributed by atoms with Crippen LogP contribution in [0.4, 0.5) is 4.79 Å². The first kappa shape index (κ1) is 15.3. The maximum atomic E-state index is 12.0. The third kappa shape index (κ3) is 4.49. The Morgan fingerprint density at radius 2 is 2.15 bits per heavy atom. The van der Waals surface area contributed by atoms with Crippen LogP contribution in [0.2, 0.25) is 0 Å². The largest absolute Gasteiger partial charge is 0.481 e. The van der Waals surface area contributed by atoms with Crippen molar-refractivity contribution in [2.24, 2.45) is 5.92 Å². The molecule has 20 heavy (non-hydrogen) atoms. The summed E-state index contributed by atoms with van der Waals surface area (Å²) in [4.78, 5) is 25.5. The van der Waals surface area contributed by atoms with Crippen LogP contribution in [0.25, 0.3) is 0 Å². The van der Waals surface area contributed by atoms with Gasteiger partial charge < -0.3 is 15.3 Å². The molecule has 1 fully saturated rings. The molecule has 2 rings (SSSR count). The highest BCUT2D eigenvalue weighted by atomic mass is 79.9. The van der Waals surface area contributed by atoms with Crippen molar-refractivity contribution in [2.75, 3.05) is 13.1 Å². The van der Waals surface area contributed by atoms with Gasteiger partial charge in [0.2, 0.25) is 0 Å². The number of hydrogen-bond donors (Lipinski definition) is 2. The summed E-state index contributed by atoms with van der Waals surface area (Å²) < 4.78 is 1.03. The lowest BCUT2D eigenvalue weighted by Gasteiger charge is -2.31. The predicted octanol–water partition coefficient (Wildman–Crippen LogP) is 2.91. The maximum absolute atomic E-state index is 12.0. The number of rotatable bonds is 4. The Balaban J connectivity index is 1.73. The van der Waals surface area contributed by atoms with Crippen LogP contribution in [0.1, 0.15) is 24.1 Å². The molecule has 0 atom stereocenters. The molecule has 0 saturated carbocycles. The average Bonchev–Trinajstić information content (AvgIpc) is 2.82. The van der Waals surface area contributed by atoms with Gasteiger partial charge in [0.1, 0.15) is 0 Å². The molecule has 0 bridgehead atoms. The first-order valence-electron chi connectivity index (χ1n) is 6.52. The number of carboxylic acid groups (broad SMARTS) is 1. The molecule has 1 aliphatic heterocycles. The molecule has 0 aliphatic carbocycles. The molecular formula is C13H17BrN2O3S. The second-order valence-electron chi connectivity index (χ2n) is 4.92. The second kappa shape index (κ2) is 7.08. The number of aliphatic carboxylic acids is 1. The molecule has 1 aliphatic rings. The summed E-state index contributed by atoms with van der Waals surface area (Å²) in [5.74, 6) is -0.555. The summed E-state index contributed by atoms with van der Waals surface area (Å²) in [5.41, 5.74) is 0. The highest BCUT2D eigenvalue weighted by Crippen LogP contribution is 2.21. The van der Waals surface area contributed by atoms with Gasteiger partial charge in [0, 0.05) is 34.2 Å². The molecule has 0 radical (unpaired) electrons. The molecule has 0 unspecified atom stereocenters. The molecule has 5 nitrogen and oxygen atoms in total. The van der Waals surface area contributed by atoms with E-state index in [1.807, 2.05) is 11.4 Å². The number of urea groups is 1. The molecule has 7 heteroatoms. The van der Waals surface area contributed by atoms with Crippen molar-refractivity contribution in [3.63, 3.8) is 0 Å². The van der Waals surface area contributed by atoms with Crippen LogP contribution in [-0.4, -0.2) is 35.1 Å². The molecule has 1 aromatic heterocycles. The molecule has 2 N–H and O–H groups in total. The topological polar surface area (TPSA) is 69.6 Å². The molecule has 1 saturated heterocycles. The number of amides is 2. The highest BCUT2D eigenvalue weighted by Gasteiger charge is 2.24. The summed E-state index contributed by atoms with van der Waals surface area (Å²) in [6.07, 6.45) is 1.74. The first-order chi connectivity index (χ1) is 9.54. The molecule has 2 amide bonds. The third-order valence-corrected chi connectivity index (χ3v) is 5.10. The van der Waals surface area contributed by atoms with Crippen LogP contribution < -0.4 is 5.32 Å². The van der Waals surface area contributed by atoms with Crippen molar-refractivity contribution in [2.45, 2.75) is 25.8 Å². The smallest absolute Gasteiger partial charge is 0.317 e. The van der Waals surface area contributed by atoms with Crippen molar-refractivity contribution in [3.8, 4) is 0 Å². The van der Waals surface area contributed by atoms with Crippen LogP contribution >= 0.6 is 27.3 Å². The van der Waals surface area contributed by atoms with E-state index in [1.165, 1.54) is 0 Å². The lowest BCUT2D eigenvalue weighted by Crippen LogP contribution is -2.44.